The van der Waals surface area contributed by atoms with Crippen LogP contribution >= 0.6 is 0 Å². The summed E-state index contributed by atoms with van der Waals surface area (Å²) in [5, 5.41) is 18.5. The van der Waals surface area contributed by atoms with Crippen molar-refractivity contribution in [2.24, 2.45) is 0 Å². The molecule has 0 aliphatic carbocycles. The van der Waals surface area contributed by atoms with Crippen LogP contribution in [0.25, 0.3) is 0 Å². The quantitative estimate of drug-likeness (QED) is 0.821. The molecular formula is C10H15N7. The predicted octanol–water partition coefficient (Wildman–Crippen LogP) is 0.233. The fraction of sp³-hybridized carbons (Fsp3) is 0.600. The van der Waals surface area contributed by atoms with Crippen LogP contribution in [0, 0.1) is 0 Å². The highest BCUT2D eigenvalue weighted by atomic mass is 15.4. The Hall–Kier alpha value is -1.76. The van der Waals surface area contributed by atoms with Crippen molar-refractivity contribution in [2.45, 2.75) is 25.4 Å². The van der Waals surface area contributed by atoms with Gasteiger partial charge in [0, 0.05) is 19.3 Å². The lowest BCUT2D eigenvalue weighted by molar-refractivity contribution is 0.160. The Balaban J connectivity index is 1.64. The Morgan fingerprint density at radius 2 is 2.47 bits per heavy atom. The first-order valence-corrected chi connectivity index (χ1v) is 5.84. The summed E-state index contributed by atoms with van der Waals surface area (Å²) in [6.45, 7) is 2.95. The second kappa shape index (κ2) is 4.62. The van der Waals surface area contributed by atoms with Gasteiger partial charge >= 0.3 is 0 Å². The lowest BCUT2D eigenvalue weighted by Crippen LogP contribution is -2.36. The molecule has 1 N–H and O–H groups in total. The van der Waals surface area contributed by atoms with Crippen molar-refractivity contribution >= 4 is 0 Å². The molecule has 1 saturated heterocycles. The van der Waals surface area contributed by atoms with Gasteiger partial charge in [0.2, 0.25) is 0 Å². The van der Waals surface area contributed by atoms with Crippen molar-refractivity contribution in [3.63, 3.8) is 0 Å². The highest BCUT2D eigenvalue weighted by Gasteiger charge is 2.22. The van der Waals surface area contributed by atoms with E-state index in [0.717, 1.165) is 25.3 Å². The molecule has 0 aromatic carbocycles. The molecule has 7 heteroatoms. The van der Waals surface area contributed by atoms with E-state index in [0.29, 0.717) is 6.04 Å². The Labute approximate surface area is 98.8 Å². The van der Waals surface area contributed by atoms with Crippen molar-refractivity contribution in [1.29, 1.82) is 0 Å². The van der Waals surface area contributed by atoms with Gasteiger partial charge in [-0.25, -0.2) is 4.68 Å². The van der Waals surface area contributed by atoms with E-state index >= 15 is 0 Å². The van der Waals surface area contributed by atoms with Crippen molar-refractivity contribution in [3.8, 4) is 0 Å². The van der Waals surface area contributed by atoms with Crippen LogP contribution in [-0.2, 0) is 6.54 Å². The molecule has 0 spiro atoms. The smallest absolute Gasteiger partial charge is 0.0964 e. The highest BCUT2D eigenvalue weighted by molar-refractivity contribution is 4.91. The minimum absolute atomic E-state index is 0.429. The molecule has 1 fully saturated rings. The third kappa shape index (κ3) is 2.33. The number of aromatic amines is 1. The predicted molar refractivity (Wildman–Crippen MR) is 60.0 cm³/mol. The van der Waals surface area contributed by atoms with Crippen LogP contribution in [0.3, 0.4) is 0 Å². The van der Waals surface area contributed by atoms with E-state index in [1.54, 1.807) is 12.4 Å². The molecule has 3 heterocycles. The molecule has 3 rings (SSSR count). The largest absolute Gasteiger partial charge is 0.295 e. The van der Waals surface area contributed by atoms with E-state index in [9.17, 15) is 0 Å². The summed E-state index contributed by atoms with van der Waals surface area (Å²) in [6, 6.07) is 0.429. The maximum absolute atomic E-state index is 4.09. The van der Waals surface area contributed by atoms with E-state index < -0.39 is 0 Å². The number of nitrogens with zero attached hydrogens (tertiary/aromatic N) is 6. The number of hydrogen-bond acceptors (Lipinski definition) is 5. The van der Waals surface area contributed by atoms with Crippen LogP contribution < -0.4 is 0 Å². The van der Waals surface area contributed by atoms with E-state index in [1.807, 2.05) is 10.9 Å². The molecule has 1 aliphatic rings. The van der Waals surface area contributed by atoms with Gasteiger partial charge < -0.3 is 0 Å². The molecule has 0 unspecified atom stereocenters. The fourth-order valence-electron chi connectivity index (χ4n) is 2.33. The van der Waals surface area contributed by atoms with Gasteiger partial charge in [-0.1, -0.05) is 5.21 Å². The number of piperidine rings is 1. The monoisotopic (exact) mass is 233 g/mol. The lowest BCUT2D eigenvalue weighted by atomic mass is 10.1. The Bertz CT molecular complexity index is 435. The van der Waals surface area contributed by atoms with Crippen LogP contribution in [0.5, 0.6) is 0 Å². The molecule has 0 radical (unpaired) electrons. The number of nitrogens with one attached hydrogen (secondary N) is 1. The van der Waals surface area contributed by atoms with Crippen LogP contribution in [0.2, 0.25) is 0 Å². The maximum Gasteiger partial charge on any atom is 0.0964 e. The molecule has 2 aromatic rings. The fourth-order valence-corrected chi connectivity index (χ4v) is 2.33. The van der Waals surface area contributed by atoms with Gasteiger partial charge in [0.05, 0.1) is 24.1 Å². The molecule has 1 atom stereocenters. The molecule has 0 amide bonds. The number of rotatable bonds is 3. The number of hydrogen-bond donors (Lipinski definition) is 1. The van der Waals surface area contributed by atoms with Crippen LogP contribution in [0.15, 0.2) is 18.6 Å². The van der Waals surface area contributed by atoms with Gasteiger partial charge in [-0.2, -0.15) is 15.4 Å². The Morgan fingerprint density at radius 3 is 3.24 bits per heavy atom. The van der Waals surface area contributed by atoms with Crippen LogP contribution in [-0.4, -0.2) is 48.4 Å². The third-order valence-electron chi connectivity index (χ3n) is 3.15. The Kier molecular flexibility index (Phi) is 2.83. The van der Waals surface area contributed by atoms with Gasteiger partial charge in [0.1, 0.15) is 0 Å². The van der Waals surface area contributed by atoms with E-state index in [2.05, 4.69) is 30.6 Å². The summed E-state index contributed by atoms with van der Waals surface area (Å²) in [4.78, 5) is 2.38. The van der Waals surface area contributed by atoms with Crippen molar-refractivity contribution in [3.05, 3.63) is 24.3 Å². The maximum atomic E-state index is 4.09. The molecule has 0 saturated carbocycles. The first kappa shape index (κ1) is 10.4. The summed E-state index contributed by atoms with van der Waals surface area (Å²) < 4.78 is 1.95. The van der Waals surface area contributed by atoms with E-state index in [1.165, 1.54) is 12.8 Å². The number of likely N-dealkylation sites (tertiary alicyclic amines) is 1. The first-order valence-electron chi connectivity index (χ1n) is 5.84. The van der Waals surface area contributed by atoms with Gasteiger partial charge in [0.15, 0.2) is 0 Å². The highest BCUT2D eigenvalue weighted by Crippen LogP contribution is 2.21. The van der Waals surface area contributed by atoms with Crippen LogP contribution in [0.1, 0.15) is 24.6 Å². The second-order valence-corrected chi connectivity index (χ2v) is 4.38. The molecule has 0 bridgehead atoms. The number of aromatic nitrogens is 6. The second-order valence-electron chi connectivity index (χ2n) is 4.38. The average molecular weight is 233 g/mol. The van der Waals surface area contributed by atoms with Gasteiger partial charge in [-0.3, -0.25) is 4.90 Å². The van der Waals surface area contributed by atoms with Gasteiger partial charge in [-0.05, 0) is 19.4 Å². The summed E-state index contributed by atoms with van der Waals surface area (Å²) in [5.41, 5.74) is 0.990. The molecule has 7 nitrogen and oxygen atoms in total. The summed E-state index contributed by atoms with van der Waals surface area (Å²) in [5.74, 6) is 0. The normalized spacial score (nSPS) is 21.8. The molecule has 1 aliphatic heterocycles. The summed E-state index contributed by atoms with van der Waals surface area (Å²) in [7, 11) is 0. The standard InChI is InChI=1S/C10H15N7/c1-2-10(17-5-3-11-15-17)8-16(4-1)7-9-6-12-14-13-9/h3,5-6,10H,1-2,4,7-8H2,(H,12,13,14)/t10-/m0/s1. The summed E-state index contributed by atoms with van der Waals surface area (Å²) >= 11 is 0. The van der Waals surface area contributed by atoms with E-state index in [4.69, 9.17) is 0 Å². The first-order chi connectivity index (χ1) is 8.42. The Morgan fingerprint density at radius 1 is 1.47 bits per heavy atom. The molecule has 90 valence electrons. The van der Waals surface area contributed by atoms with Crippen molar-refractivity contribution < 1.29 is 0 Å². The molecular weight excluding hydrogens is 218 g/mol. The molecule has 2 aromatic heterocycles. The topological polar surface area (TPSA) is 75.5 Å². The number of H-pyrrole nitrogens is 1. The van der Waals surface area contributed by atoms with Crippen molar-refractivity contribution in [2.75, 3.05) is 13.1 Å². The zero-order chi connectivity index (χ0) is 11.5. The van der Waals surface area contributed by atoms with E-state index in [-0.39, 0.29) is 0 Å². The van der Waals surface area contributed by atoms with Crippen molar-refractivity contribution in [1.82, 2.24) is 35.3 Å². The minimum Gasteiger partial charge on any atom is -0.295 e. The third-order valence-corrected chi connectivity index (χ3v) is 3.15. The van der Waals surface area contributed by atoms with Gasteiger partial charge in [0.25, 0.3) is 0 Å². The van der Waals surface area contributed by atoms with Crippen LogP contribution in [0.4, 0.5) is 0 Å². The SMILES string of the molecule is c1cn([C@H]2CCCN(Cc3cn[nH]n3)C2)nn1. The summed E-state index contributed by atoms with van der Waals surface area (Å²) in [6.07, 6.45) is 7.79. The average Bonchev–Trinajstić information content (AvgIpc) is 3.01. The molecule has 17 heavy (non-hydrogen) atoms. The zero-order valence-corrected chi connectivity index (χ0v) is 9.53. The minimum atomic E-state index is 0.429. The van der Waals surface area contributed by atoms with Gasteiger partial charge in [-0.15, -0.1) is 5.10 Å². The lowest BCUT2D eigenvalue weighted by Gasteiger charge is -2.31. The zero-order valence-electron chi connectivity index (χ0n) is 9.53.